The molecule has 3 nitrogen and oxygen atoms in total. The molecule has 3 aromatic rings. The third kappa shape index (κ3) is 4.31. The fourth-order valence-electron chi connectivity index (χ4n) is 2.65. The molecule has 3 rings (SSSR count). The van der Waals surface area contributed by atoms with Gasteiger partial charge in [-0.15, -0.1) is 0 Å². The minimum atomic E-state index is -0.607. The Hall–Kier alpha value is -3.07. The molecule has 26 heavy (non-hydrogen) atoms. The summed E-state index contributed by atoms with van der Waals surface area (Å²) in [5, 5.41) is 2.99. The smallest absolute Gasteiger partial charge is 0.234 e. The van der Waals surface area contributed by atoms with Gasteiger partial charge in [-0.3, -0.25) is 4.79 Å². The van der Waals surface area contributed by atoms with Crippen molar-refractivity contribution < 1.29 is 9.53 Å². The summed E-state index contributed by atoms with van der Waals surface area (Å²) in [6.07, 6.45) is 0. The highest BCUT2D eigenvalue weighted by Gasteiger charge is 2.29. The van der Waals surface area contributed by atoms with Crippen LogP contribution in [0.2, 0.25) is 0 Å². The van der Waals surface area contributed by atoms with Gasteiger partial charge in [0.25, 0.3) is 0 Å². The first-order valence-electron chi connectivity index (χ1n) is 8.69. The predicted octanol–water partition coefficient (Wildman–Crippen LogP) is 5.18. The Bertz CT molecular complexity index is 840. The molecule has 0 unspecified atom stereocenters. The lowest BCUT2D eigenvalue weighted by Crippen LogP contribution is -2.34. The van der Waals surface area contributed by atoms with Gasteiger partial charge < -0.3 is 10.1 Å². The molecule has 0 spiro atoms. The van der Waals surface area contributed by atoms with Crippen molar-refractivity contribution in [3.63, 3.8) is 0 Å². The minimum absolute atomic E-state index is 0.0401. The van der Waals surface area contributed by atoms with Gasteiger partial charge in [0, 0.05) is 5.69 Å². The van der Waals surface area contributed by atoms with E-state index in [0.717, 1.165) is 22.6 Å². The number of amides is 1. The quantitative estimate of drug-likeness (QED) is 0.668. The number of hydrogen-bond donors (Lipinski definition) is 1. The Kier molecular flexibility index (Phi) is 5.37. The number of rotatable bonds is 6. The van der Waals surface area contributed by atoms with E-state index in [1.165, 1.54) is 0 Å². The van der Waals surface area contributed by atoms with Crippen LogP contribution in [0.4, 0.5) is 5.69 Å². The molecule has 0 saturated carbocycles. The maximum Gasteiger partial charge on any atom is 0.234 e. The summed E-state index contributed by atoms with van der Waals surface area (Å²) in [4.78, 5) is 12.7. The zero-order chi connectivity index (χ0) is 18.4. The highest BCUT2D eigenvalue weighted by atomic mass is 16.5. The number of carbonyl (C=O) groups is 1. The first kappa shape index (κ1) is 17.7. The van der Waals surface area contributed by atoms with Crippen LogP contribution in [-0.4, -0.2) is 5.91 Å². The summed E-state index contributed by atoms with van der Waals surface area (Å²) in [7, 11) is 0. The number of hydrogen-bond acceptors (Lipinski definition) is 2. The van der Waals surface area contributed by atoms with Crippen LogP contribution in [0.25, 0.3) is 0 Å². The van der Waals surface area contributed by atoms with E-state index in [1.807, 2.05) is 98.8 Å². The second-order valence-corrected chi connectivity index (χ2v) is 6.74. The van der Waals surface area contributed by atoms with Gasteiger partial charge in [-0.25, -0.2) is 0 Å². The van der Waals surface area contributed by atoms with Crippen LogP contribution in [0, 0.1) is 0 Å². The number of ether oxygens (including phenoxy) is 1. The van der Waals surface area contributed by atoms with E-state index in [1.54, 1.807) is 0 Å². The lowest BCUT2D eigenvalue weighted by Gasteiger charge is -2.24. The summed E-state index contributed by atoms with van der Waals surface area (Å²) >= 11 is 0. The van der Waals surface area contributed by atoms with E-state index >= 15 is 0 Å². The Labute approximate surface area is 154 Å². The largest absolute Gasteiger partial charge is 0.489 e. The molecule has 0 aliphatic rings. The van der Waals surface area contributed by atoms with E-state index in [0.29, 0.717) is 6.61 Å². The van der Waals surface area contributed by atoms with Crippen molar-refractivity contribution in [2.45, 2.75) is 25.9 Å². The van der Waals surface area contributed by atoms with Crippen molar-refractivity contribution in [3.8, 4) is 5.75 Å². The normalized spacial score (nSPS) is 11.0. The average molecular weight is 345 g/mol. The van der Waals surface area contributed by atoms with Crippen LogP contribution in [-0.2, 0) is 16.8 Å². The highest BCUT2D eigenvalue weighted by molar-refractivity contribution is 5.98. The molecule has 0 radical (unpaired) electrons. The van der Waals surface area contributed by atoms with E-state index in [-0.39, 0.29) is 5.91 Å². The molecular weight excluding hydrogens is 322 g/mol. The van der Waals surface area contributed by atoms with E-state index < -0.39 is 5.41 Å². The molecule has 3 aromatic carbocycles. The summed E-state index contributed by atoms with van der Waals surface area (Å²) in [6, 6.07) is 27.3. The molecule has 3 heteroatoms. The number of nitrogens with one attached hydrogen (secondary N) is 1. The molecule has 0 aromatic heterocycles. The Morgan fingerprint density at radius 1 is 0.846 bits per heavy atom. The summed E-state index contributed by atoms with van der Waals surface area (Å²) in [6.45, 7) is 4.37. The zero-order valence-corrected chi connectivity index (χ0v) is 15.1. The summed E-state index contributed by atoms with van der Waals surface area (Å²) in [5.41, 5.74) is 2.25. The lowest BCUT2D eigenvalue weighted by atomic mass is 9.83. The predicted molar refractivity (Wildman–Crippen MR) is 105 cm³/mol. The maximum atomic E-state index is 12.7. The monoisotopic (exact) mass is 345 g/mol. The van der Waals surface area contributed by atoms with Crippen molar-refractivity contribution in [1.82, 2.24) is 0 Å². The van der Waals surface area contributed by atoms with Gasteiger partial charge in [0.1, 0.15) is 12.4 Å². The zero-order valence-electron chi connectivity index (χ0n) is 15.1. The summed E-state index contributed by atoms with van der Waals surface area (Å²) in [5.74, 6) is 0.732. The summed E-state index contributed by atoms with van der Waals surface area (Å²) < 4.78 is 5.78. The maximum absolute atomic E-state index is 12.7. The van der Waals surface area contributed by atoms with Crippen LogP contribution in [0.15, 0.2) is 84.9 Å². The van der Waals surface area contributed by atoms with Gasteiger partial charge in [0.05, 0.1) is 5.41 Å². The average Bonchev–Trinajstić information content (AvgIpc) is 2.69. The molecule has 1 N–H and O–H groups in total. The van der Waals surface area contributed by atoms with Gasteiger partial charge in [-0.05, 0) is 49.2 Å². The Morgan fingerprint density at radius 3 is 2.04 bits per heavy atom. The lowest BCUT2D eigenvalue weighted by molar-refractivity contribution is -0.120. The van der Waals surface area contributed by atoms with Gasteiger partial charge in [0.2, 0.25) is 5.91 Å². The van der Waals surface area contributed by atoms with Gasteiger partial charge in [-0.2, -0.15) is 0 Å². The van der Waals surface area contributed by atoms with Crippen molar-refractivity contribution in [2.24, 2.45) is 0 Å². The van der Waals surface area contributed by atoms with Crippen molar-refractivity contribution in [1.29, 1.82) is 0 Å². The Morgan fingerprint density at radius 2 is 1.42 bits per heavy atom. The molecule has 0 atom stereocenters. The molecule has 0 aliphatic carbocycles. The molecule has 132 valence electrons. The minimum Gasteiger partial charge on any atom is -0.489 e. The number of carbonyl (C=O) groups excluding carboxylic acids is 1. The van der Waals surface area contributed by atoms with E-state index in [4.69, 9.17) is 4.74 Å². The van der Waals surface area contributed by atoms with Crippen molar-refractivity contribution in [2.75, 3.05) is 5.32 Å². The van der Waals surface area contributed by atoms with Gasteiger partial charge in [-0.1, -0.05) is 60.7 Å². The molecule has 1 amide bonds. The molecule has 0 aliphatic heterocycles. The van der Waals surface area contributed by atoms with Crippen molar-refractivity contribution >= 4 is 11.6 Å². The molecule has 0 bridgehead atoms. The molecular formula is C23H23NO2. The third-order valence-corrected chi connectivity index (χ3v) is 4.42. The van der Waals surface area contributed by atoms with Crippen molar-refractivity contribution in [3.05, 3.63) is 96.1 Å². The van der Waals surface area contributed by atoms with Crippen LogP contribution in [0.3, 0.4) is 0 Å². The number of anilines is 1. The van der Waals surface area contributed by atoms with Crippen LogP contribution in [0.1, 0.15) is 25.0 Å². The highest BCUT2D eigenvalue weighted by Crippen LogP contribution is 2.25. The van der Waals surface area contributed by atoms with Crippen LogP contribution >= 0.6 is 0 Å². The van der Waals surface area contributed by atoms with E-state index in [2.05, 4.69) is 5.32 Å². The SMILES string of the molecule is CC(C)(C(=O)Nc1ccc(OCc2ccccc2)cc1)c1ccccc1. The van der Waals surface area contributed by atoms with Crippen LogP contribution in [0.5, 0.6) is 5.75 Å². The van der Waals surface area contributed by atoms with Crippen LogP contribution < -0.4 is 10.1 Å². The topological polar surface area (TPSA) is 38.3 Å². The second kappa shape index (κ2) is 7.87. The first-order chi connectivity index (χ1) is 12.6. The molecule has 0 heterocycles. The van der Waals surface area contributed by atoms with Gasteiger partial charge in [0.15, 0.2) is 0 Å². The molecule has 0 saturated heterocycles. The van der Waals surface area contributed by atoms with E-state index in [9.17, 15) is 4.79 Å². The Balaban J connectivity index is 1.61. The fraction of sp³-hybridized carbons (Fsp3) is 0.174. The number of benzene rings is 3. The fourth-order valence-corrected chi connectivity index (χ4v) is 2.65. The second-order valence-electron chi connectivity index (χ2n) is 6.74. The van der Waals surface area contributed by atoms with Gasteiger partial charge >= 0.3 is 0 Å². The third-order valence-electron chi connectivity index (χ3n) is 4.42. The first-order valence-corrected chi connectivity index (χ1v) is 8.69. The molecule has 0 fully saturated rings. The standard InChI is InChI=1S/C23H23NO2/c1-23(2,19-11-7-4-8-12-19)22(25)24-20-13-15-21(16-14-20)26-17-18-9-5-3-6-10-18/h3-16H,17H2,1-2H3,(H,24,25).